The van der Waals surface area contributed by atoms with E-state index in [-0.39, 0.29) is 11.3 Å². The summed E-state index contributed by atoms with van der Waals surface area (Å²) < 4.78 is 13.3. The van der Waals surface area contributed by atoms with Crippen molar-refractivity contribution in [2.45, 2.75) is 13.0 Å². The van der Waals surface area contributed by atoms with Gasteiger partial charge in [0.1, 0.15) is 5.82 Å². The molecule has 0 aromatic heterocycles. The molecule has 78 valence electrons. The van der Waals surface area contributed by atoms with E-state index in [4.69, 9.17) is 11.0 Å². The molecule has 0 bridgehead atoms. The van der Waals surface area contributed by atoms with Crippen LogP contribution in [0.15, 0.2) is 18.2 Å². The Labute approximate surface area is 86.5 Å². The number of hydrogen-bond acceptors (Lipinski definition) is 3. The normalized spacial score (nSPS) is 11.6. The van der Waals surface area contributed by atoms with Crippen molar-refractivity contribution in [2.24, 2.45) is 5.73 Å². The molecule has 1 amide bonds. The molecule has 0 saturated heterocycles. The van der Waals surface area contributed by atoms with Crippen LogP contribution in [0.25, 0.3) is 0 Å². The van der Waals surface area contributed by atoms with Crippen LogP contribution < -0.4 is 11.1 Å². The standard InChI is InChI=1S/C10H10FN3O/c1-6(13)10(15)14-9-3-2-7(5-12)4-8(9)11/h2-4,6H,13H2,1H3,(H,14,15)/t6-/m1/s1. The molecule has 3 N–H and O–H groups in total. The van der Waals surface area contributed by atoms with E-state index in [0.29, 0.717) is 0 Å². The summed E-state index contributed by atoms with van der Waals surface area (Å²) in [5.41, 5.74) is 5.53. The van der Waals surface area contributed by atoms with Crippen LogP contribution in [-0.2, 0) is 4.79 Å². The molecule has 1 rings (SSSR count). The van der Waals surface area contributed by atoms with E-state index in [0.717, 1.165) is 6.07 Å². The fourth-order valence-electron chi connectivity index (χ4n) is 0.933. The molecule has 15 heavy (non-hydrogen) atoms. The van der Waals surface area contributed by atoms with Gasteiger partial charge in [-0.3, -0.25) is 4.79 Å². The Morgan fingerprint density at radius 1 is 1.67 bits per heavy atom. The highest BCUT2D eigenvalue weighted by atomic mass is 19.1. The first-order chi connectivity index (χ1) is 7.04. The molecule has 0 heterocycles. The summed E-state index contributed by atoms with van der Waals surface area (Å²) in [6.07, 6.45) is 0. The number of benzene rings is 1. The molecule has 1 atom stereocenters. The molecule has 0 aliphatic carbocycles. The average molecular weight is 207 g/mol. The summed E-state index contributed by atoms with van der Waals surface area (Å²) in [5, 5.41) is 10.8. The van der Waals surface area contributed by atoms with Crippen LogP contribution in [0.2, 0.25) is 0 Å². The van der Waals surface area contributed by atoms with Gasteiger partial charge in [-0.25, -0.2) is 4.39 Å². The van der Waals surface area contributed by atoms with Crippen molar-refractivity contribution in [1.29, 1.82) is 5.26 Å². The van der Waals surface area contributed by atoms with Gasteiger partial charge in [-0.05, 0) is 25.1 Å². The van der Waals surface area contributed by atoms with Crippen LogP contribution in [-0.4, -0.2) is 11.9 Å². The summed E-state index contributed by atoms with van der Waals surface area (Å²) in [4.78, 5) is 11.2. The number of nitriles is 1. The predicted octanol–water partition coefficient (Wildman–Crippen LogP) is 0.983. The lowest BCUT2D eigenvalue weighted by molar-refractivity contribution is -0.117. The zero-order valence-corrected chi connectivity index (χ0v) is 8.12. The van der Waals surface area contributed by atoms with Gasteiger partial charge in [0.05, 0.1) is 23.4 Å². The molecule has 0 aliphatic rings. The number of amides is 1. The van der Waals surface area contributed by atoms with Crippen molar-refractivity contribution >= 4 is 11.6 Å². The fourth-order valence-corrected chi connectivity index (χ4v) is 0.933. The van der Waals surface area contributed by atoms with E-state index in [1.165, 1.54) is 19.1 Å². The topological polar surface area (TPSA) is 78.9 Å². The van der Waals surface area contributed by atoms with Crippen LogP contribution in [0.1, 0.15) is 12.5 Å². The van der Waals surface area contributed by atoms with E-state index >= 15 is 0 Å². The second-order valence-electron chi connectivity index (χ2n) is 3.08. The molecule has 4 nitrogen and oxygen atoms in total. The van der Waals surface area contributed by atoms with Gasteiger partial charge >= 0.3 is 0 Å². The smallest absolute Gasteiger partial charge is 0.241 e. The third kappa shape index (κ3) is 2.76. The predicted molar refractivity (Wildman–Crippen MR) is 53.4 cm³/mol. The summed E-state index contributed by atoms with van der Waals surface area (Å²) in [7, 11) is 0. The van der Waals surface area contributed by atoms with Gasteiger partial charge < -0.3 is 11.1 Å². The van der Waals surface area contributed by atoms with Crippen molar-refractivity contribution in [3.8, 4) is 6.07 Å². The molecule has 0 spiro atoms. The van der Waals surface area contributed by atoms with E-state index in [1.54, 1.807) is 6.07 Å². The minimum Gasteiger partial charge on any atom is -0.322 e. The van der Waals surface area contributed by atoms with Crippen LogP contribution >= 0.6 is 0 Å². The first-order valence-electron chi connectivity index (χ1n) is 4.30. The third-order valence-electron chi connectivity index (χ3n) is 1.77. The third-order valence-corrected chi connectivity index (χ3v) is 1.77. The number of halogens is 1. The quantitative estimate of drug-likeness (QED) is 0.758. The van der Waals surface area contributed by atoms with E-state index in [9.17, 15) is 9.18 Å². The lowest BCUT2D eigenvalue weighted by Gasteiger charge is -2.08. The number of carbonyl (C=O) groups is 1. The van der Waals surface area contributed by atoms with Gasteiger partial charge in [0, 0.05) is 0 Å². The Morgan fingerprint density at radius 2 is 2.33 bits per heavy atom. The number of nitrogens with zero attached hydrogens (tertiary/aromatic N) is 1. The minimum atomic E-state index is -0.708. The zero-order chi connectivity index (χ0) is 11.4. The molecule has 0 fully saturated rings. The number of nitrogens with two attached hydrogens (primary N) is 1. The monoisotopic (exact) mass is 207 g/mol. The Bertz CT molecular complexity index is 423. The first kappa shape index (κ1) is 11.1. The number of anilines is 1. The molecular formula is C10H10FN3O. The highest BCUT2D eigenvalue weighted by molar-refractivity contribution is 5.94. The summed E-state index contributed by atoms with van der Waals surface area (Å²) in [6, 6.07) is 4.88. The molecule has 0 aliphatic heterocycles. The van der Waals surface area contributed by atoms with Gasteiger partial charge in [-0.2, -0.15) is 5.26 Å². The average Bonchev–Trinajstić information content (AvgIpc) is 2.20. The van der Waals surface area contributed by atoms with Crippen LogP contribution in [0.4, 0.5) is 10.1 Å². The summed E-state index contributed by atoms with van der Waals surface area (Å²) in [6.45, 7) is 1.50. The minimum absolute atomic E-state index is 0.0244. The fraction of sp³-hybridized carbons (Fsp3) is 0.200. The van der Waals surface area contributed by atoms with Gasteiger partial charge in [-0.1, -0.05) is 0 Å². The van der Waals surface area contributed by atoms with Crippen molar-refractivity contribution < 1.29 is 9.18 Å². The molecular weight excluding hydrogens is 197 g/mol. The molecule has 1 aromatic rings. The zero-order valence-electron chi connectivity index (χ0n) is 8.12. The van der Waals surface area contributed by atoms with Crippen molar-refractivity contribution in [3.63, 3.8) is 0 Å². The molecule has 0 radical (unpaired) electrons. The SMILES string of the molecule is C[C@@H](N)C(=O)Nc1ccc(C#N)cc1F. The van der Waals surface area contributed by atoms with Gasteiger partial charge in [0.2, 0.25) is 5.91 Å². The lowest BCUT2D eigenvalue weighted by atomic mass is 10.2. The number of nitrogens with one attached hydrogen (secondary N) is 1. The van der Waals surface area contributed by atoms with Crippen LogP contribution in [0.5, 0.6) is 0 Å². The van der Waals surface area contributed by atoms with Gasteiger partial charge in [0.25, 0.3) is 0 Å². The van der Waals surface area contributed by atoms with E-state index < -0.39 is 17.8 Å². The molecule has 0 unspecified atom stereocenters. The number of carbonyl (C=O) groups excluding carboxylic acids is 1. The Balaban J connectivity index is 2.89. The lowest BCUT2D eigenvalue weighted by Crippen LogP contribution is -2.32. The van der Waals surface area contributed by atoms with E-state index in [2.05, 4.69) is 5.32 Å². The number of rotatable bonds is 2. The van der Waals surface area contributed by atoms with Gasteiger partial charge in [0.15, 0.2) is 0 Å². The second kappa shape index (κ2) is 4.53. The van der Waals surface area contributed by atoms with Crippen molar-refractivity contribution in [3.05, 3.63) is 29.6 Å². The maximum Gasteiger partial charge on any atom is 0.241 e. The largest absolute Gasteiger partial charge is 0.322 e. The maximum absolute atomic E-state index is 13.3. The van der Waals surface area contributed by atoms with E-state index in [1.807, 2.05) is 0 Å². The second-order valence-corrected chi connectivity index (χ2v) is 3.08. The molecule has 0 saturated carbocycles. The van der Waals surface area contributed by atoms with Crippen molar-refractivity contribution in [2.75, 3.05) is 5.32 Å². The number of hydrogen-bond donors (Lipinski definition) is 2. The van der Waals surface area contributed by atoms with Crippen LogP contribution in [0, 0.1) is 17.1 Å². The molecule has 5 heteroatoms. The Kier molecular flexibility index (Phi) is 3.37. The van der Waals surface area contributed by atoms with Gasteiger partial charge in [-0.15, -0.1) is 0 Å². The Morgan fingerprint density at radius 3 is 2.80 bits per heavy atom. The molecule has 1 aromatic carbocycles. The highest BCUT2D eigenvalue weighted by Gasteiger charge is 2.10. The van der Waals surface area contributed by atoms with Crippen molar-refractivity contribution in [1.82, 2.24) is 0 Å². The Hall–Kier alpha value is -1.93. The first-order valence-corrected chi connectivity index (χ1v) is 4.30. The summed E-state index contributed by atoms with van der Waals surface area (Å²) in [5.74, 6) is -1.12. The summed E-state index contributed by atoms with van der Waals surface area (Å²) >= 11 is 0. The maximum atomic E-state index is 13.3. The highest BCUT2D eigenvalue weighted by Crippen LogP contribution is 2.15. The van der Waals surface area contributed by atoms with Crippen LogP contribution in [0.3, 0.4) is 0 Å².